The topological polar surface area (TPSA) is 59.7 Å². The van der Waals surface area contributed by atoms with Crippen LogP contribution in [0.3, 0.4) is 0 Å². The number of carboxylic acid groups (broad SMARTS) is 1. The molecule has 0 aliphatic carbocycles. The van der Waals surface area contributed by atoms with Crippen molar-refractivity contribution < 1.29 is 19.1 Å². The molecule has 1 heterocycles. The molecule has 1 aromatic heterocycles. The van der Waals surface area contributed by atoms with Crippen LogP contribution in [0, 0.1) is 0 Å². The summed E-state index contributed by atoms with van der Waals surface area (Å²) in [5, 5.41) is 8.76. The zero-order valence-electron chi connectivity index (χ0n) is 8.32. The van der Waals surface area contributed by atoms with E-state index >= 15 is 0 Å². The van der Waals surface area contributed by atoms with E-state index in [1.165, 1.54) is 12.3 Å². The molecule has 1 N–H and O–H groups in total. The van der Waals surface area contributed by atoms with Gasteiger partial charge in [-0.1, -0.05) is 6.92 Å². The highest BCUT2D eigenvalue weighted by atomic mass is 16.5. The van der Waals surface area contributed by atoms with Gasteiger partial charge in [-0.3, -0.25) is 0 Å². The molecule has 78 valence electrons. The van der Waals surface area contributed by atoms with E-state index in [-0.39, 0.29) is 18.3 Å². The Balaban J connectivity index is 2.58. The lowest BCUT2D eigenvalue weighted by Crippen LogP contribution is -2.08. The molecule has 0 saturated carbocycles. The minimum absolute atomic E-state index is 0.113. The van der Waals surface area contributed by atoms with Gasteiger partial charge in [-0.15, -0.1) is 0 Å². The van der Waals surface area contributed by atoms with Gasteiger partial charge in [0.25, 0.3) is 0 Å². The summed E-state index contributed by atoms with van der Waals surface area (Å²) in [6, 6.07) is 1.43. The first-order valence-electron chi connectivity index (χ1n) is 4.56. The summed E-state index contributed by atoms with van der Waals surface area (Å²) in [6.45, 7) is 4.15. The first-order valence-corrected chi connectivity index (χ1v) is 4.56. The van der Waals surface area contributed by atoms with Crippen LogP contribution in [0.4, 0.5) is 0 Å². The van der Waals surface area contributed by atoms with Gasteiger partial charge < -0.3 is 14.3 Å². The van der Waals surface area contributed by atoms with Crippen LogP contribution >= 0.6 is 0 Å². The maximum atomic E-state index is 10.7. The third kappa shape index (κ3) is 2.60. The molecule has 0 spiro atoms. The number of hydrogen-bond acceptors (Lipinski definition) is 3. The van der Waals surface area contributed by atoms with Crippen molar-refractivity contribution in [3.05, 3.63) is 23.7 Å². The van der Waals surface area contributed by atoms with Crippen LogP contribution in [0.15, 0.2) is 16.7 Å². The Bertz CT molecular complexity index is 303. The highest BCUT2D eigenvalue weighted by molar-refractivity contribution is 5.88. The molecule has 0 aliphatic rings. The van der Waals surface area contributed by atoms with Gasteiger partial charge >= 0.3 is 5.97 Å². The molecule has 0 fully saturated rings. The third-order valence-electron chi connectivity index (χ3n) is 2.05. The average molecular weight is 198 g/mol. The van der Waals surface area contributed by atoms with Gasteiger partial charge in [0, 0.05) is 0 Å². The second-order valence-corrected chi connectivity index (χ2v) is 3.09. The summed E-state index contributed by atoms with van der Waals surface area (Å²) in [5.41, 5.74) is 0.174. The number of aromatic carboxylic acids is 1. The summed E-state index contributed by atoms with van der Waals surface area (Å²) in [4.78, 5) is 10.7. The Morgan fingerprint density at radius 1 is 1.71 bits per heavy atom. The molecule has 0 aromatic carbocycles. The monoisotopic (exact) mass is 198 g/mol. The Kier molecular flexibility index (Phi) is 3.71. The summed E-state index contributed by atoms with van der Waals surface area (Å²) < 4.78 is 10.4. The van der Waals surface area contributed by atoms with Crippen LogP contribution in [-0.2, 0) is 11.3 Å². The molecule has 1 rings (SSSR count). The zero-order chi connectivity index (χ0) is 10.6. The fourth-order valence-corrected chi connectivity index (χ4v) is 0.979. The van der Waals surface area contributed by atoms with E-state index in [1.807, 2.05) is 13.8 Å². The maximum absolute atomic E-state index is 10.7. The minimum Gasteiger partial charge on any atom is -0.478 e. The van der Waals surface area contributed by atoms with Crippen LogP contribution in [-0.4, -0.2) is 17.2 Å². The lowest BCUT2D eigenvalue weighted by Gasteiger charge is -2.08. The van der Waals surface area contributed by atoms with Crippen molar-refractivity contribution >= 4 is 5.97 Å². The van der Waals surface area contributed by atoms with Crippen molar-refractivity contribution in [1.82, 2.24) is 0 Å². The standard InChI is InChI=1S/C10H14O4/c1-3-7(2)14-6-9-8(10(11)12)4-5-13-9/h4-5,7H,3,6H2,1-2H3,(H,11,12). The highest BCUT2D eigenvalue weighted by Crippen LogP contribution is 2.13. The molecule has 0 aliphatic heterocycles. The SMILES string of the molecule is CCC(C)OCc1occc1C(=O)O. The largest absolute Gasteiger partial charge is 0.478 e. The van der Waals surface area contributed by atoms with Gasteiger partial charge in [0.1, 0.15) is 17.9 Å². The summed E-state index contributed by atoms with van der Waals surface area (Å²) in [6.07, 6.45) is 2.36. The number of ether oxygens (including phenoxy) is 1. The van der Waals surface area contributed by atoms with E-state index in [4.69, 9.17) is 14.3 Å². The van der Waals surface area contributed by atoms with Gasteiger partial charge in [-0.2, -0.15) is 0 Å². The van der Waals surface area contributed by atoms with Crippen LogP contribution < -0.4 is 0 Å². The Labute approximate surface area is 82.5 Å². The van der Waals surface area contributed by atoms with Crippen LogP contribution in [0.5, 0.6) is 0 Å². The molecule has 0 amide bonds. The summed E-state index contributed by atoms with van der Waals surface area (Å²) in [5.74, 6) is -0.612. The third-order valence-corrected chi connectivity index (χ3v) is 2.05. The number of carboxylic acids is 1. The quantitative estimate of drug-likeness (QED) is 0.788. The normalized spacial score (nSPS) is 12.7. The lowest BCUT2D eigenvalue weighted by molar-refractivity contribution is 0.0388. The van der Waals surface area contributed by atoms with Crippen LogP contribution in [0.25, 0.3) is 0 Å². The lowest BCUT2D eigenvalue weighted by atomic mass is 10.2. The molecular weight excluding hydrogens is 184 g/mol. The van der Waals surface area contributed by atoms with Crippen molar-refractivity contribution in [2.75, 3.05) is 0 Å². The molecular formula is C10H14O4. The Morgan fingerprint density at radius 2 is 2.43 bits per heavy atom. The van der Waals surface area contributed by atoms with Gasteiger partial charge in [0.15, 0.2) is 0 Å². The van der Waals surface area contributed by atoms with Gasteiger partial charge in [-0.25, -0.2) is 4.79 Å². The van der Waals surface area contributed by atoms with Gasteiger partial charge in [-0.05, 0) is 19.4 Å². The van der Waals surface area contributed by atoms with Gasteiger partial charge in [0.2, 0.25) is 0 Å². The van der Waals surface area contributed by atoms with E-state index in [9.17, 15) is 4.79 Å². The fraction of sp³-hybridized carbons (Fsp3) is 0.500. The van der Waals surface area contributed by atoms with Crippen molar-refractivity contribution in [2.45, 2.75) is 33.0 Å². The van der Waals surface area contributed by atoms with Crippen LogP contribution in [0.1, 0.15) is 36.4 Å². The number of rotatable bonds is 5. The second kappa shape index (κ2) is 4.81. The summed E-state index contributed by atoms with van der Waals surface area (Å²) >= 11 is 0. The fourth-order valence-electron chi connectivity index (χ4n) is 0.979. The number of hydrogen-bond donors (Lipinski definition) is 1. The molecule has 1 unspecified atom stereocenters. The zero-order valence-corrected chi connectivity index (χ0v) is 8.32. The first-order chi connectivity index (χ1) is 6.65. The molecule has 4 heteroatoms. The Morgan fingerprint density at radius 3 is 3.00 bits per heavy atom. The average Bonchev–Trinajstić information content (AvgIpc) is 2.62. The molecule has 4 nitrogen and oxygen atoms in total. The Hall–Kier alpha value is -1.29. The molecule has 0 bridgehead atoms. The maximum Gasteiger partial charge on any atom is 0.339 e. The van der Waals surface area contributed by atoms with E-state index in [2.05, 4.69) is 0 Å². The van der Waals surface area contributed by atoms with E-state index < -0.39 is 5.97 Å². The van der Waals surface area contributed by atoms with Crippen molar-refractivity contribution in [3.8, 4) is 0 Å². The van der Waals surface area contributed by atoms with Crippen molar-refractivity contribution in [1.29, 1.82) is 0 Å². The summed E-state index contributed by atoms with van der Waals surface area (Å²) in [7, 11) is 0. The highest BCUT2D eigenvalue weighted by Gasteiger charge is 2.13. The smallest absolute Gasteiger partial charge is 0.339 e. The van der Waals surface area contributed by atoms with Crippen LogP contribution in [0.2, 0.25) is 0 Å². The second-order valence-electron chi connectivity index (χ2n) is 3.09. The molecule has 1 atom stereocenters. The van der Waals surface area contributed by atoms with E-state index in [0.717, 1.165) is 6.42 Å². The molecule has 14 heavy (non-hydrogen) atoms. The van der Waals surface area contributed by atoms with Crippen molar-refractivity contribution in [3.63, 3.8) is 0 Å². The molecule has 1 aromatic rings. The number of furan rings is 1. The predicted octanol–water partition coefficient (Wildman–Crippen LogP) is 2.29. The van der Waals surface area contributed by atoms with Gasteiger partial charge in [0.05, 0.1) is 12.4 Å². The number of carbonyl (C=O) groups is 1. The van der Waals surface area contributed by atoms with E-state index in [0.29, 0.717) is 5.76 Å². The molecule has 0 radical (unpaired) electrons. The van der Waals surface area contributed by atoms with Crippen molar-refractivity contribution in [2.24, 2.45) is 0 Å². The first kappa shape index (κ1) is 10.8. The van der Waals surface area contributed by atoms with E-state index in [1.54, 1.807) is 0 Å². The molecule has 0 saturated heterocycles. The minimum atomic E-state index is -0.985. The predicted molar refractivity (Wildman–Crippen MR) is 50.2 cm³/mol.